The third kappa shape index (κ3) is 2.79. The average molecular weight is 247 g/mol. The maximum Gasteiger partial charge on any atom is 0.125 e. The van der Waals surface area contributed by atoms with Crippen molar-refractivity contribution < 1.29 is 0 Å². The second-order valence-electron chi connectivity index (χ2n) is 4.49. The monoisotopic (exact) mass is 247 g/mol. The molecule has 2 heterocycles. The molecule has 0 amide bonds. The Balaban J connectivity index is 2.03. The van der Waals surface area contributed by atoms with E-state index in [2.05, 4.69) is 33.0 Å². The molecule has 1 N–H and O–H groups in total. The molecule has 0 radical (unpaired) electrons. The van der Waals surface area contributed by atoms with Gasteiger partial charge in [-0.15, -0.1) is 0 Å². The molecular formula is C13H21N5. The van der Waals surface area contributed by atoms with E-state index in [4.69, 9.17) is 0 Å². The summed E-state index contributed by atoms with van der Waals surface area (Å²) in [5, 5.41) is 7.69. The molecule has 0 aliphatic carbocycles. The Morgan fingerprint density at radius 2 is 2.17 bits per heavy atom. The SMILES string of the molecule is CCNC(CCc1ccnn1C)c1nccn1C. The lowest BCUT2D eigenvalue weighted by molar-refractivity contribution is 0.471. The van der Waals surface area contributed by atoms with Crippen LogP contribution in [0.1, 0.15) is 30.9 Å². The smallest absolute Gasteiger partial charge is 0.125 e. The normalized spacial score (nSPS) is 12.8. The lowest BCUT2D eigenvalue weighted by Crippen LogP contribution is -2.24. The second-order valence-corrected chi connectivity index (χ2v) is 4.49. The first-order valence-corrected chi connectivity index (χ1v) is 6.39. The Morgan fingerprint density at radius 1 is 1.33 bits per heavy atom. The number of aromatic nitrogens is 4. The van der Waals surface area contributed by atoms with E-state index in [1.54, 1.807) is 0 Å². The van der Waals surface area contributed by atoms with Gasteiger partial charge in [0.15, 0.2) is 0 Å². The molecule has 98 valence electrons. The fourth-order valence-corrected chi connectivity index (χ4v) is 2.22. The van der Waals surface area contributed by atoms with Gasteiger partial charge in [-0.2, -0.15) is 5.10 Å². The number of hydrogen-bond acceptors (Lipinski definition) is 3. The van der Waals surface area contributed by atoms with Crippen LogP contribution in [0.2, 0.25) is 0 Å². The van der Waals surface area contributed by atoms with Crippen LogP contribution in [0, 0.1) is 0 Å². The molecule has 18 heavy (non-hydrogen) atoms. The Morgan fingerprint density at radius 3 is 2.72 bits per heavy atom. The topological polar surface area (TPSA) is 47.7 Å². The van der Waals surface area contributed by atoms with Crippen LogP contribution in [0.4, 0.5) is 0 Å². The van der Waals surface area contributed by atoms with Crippen LogP contribution in [0.15, 0.2) is 24.7 Å². The standard InChI is InChI=1S/C13H21N5/c1-4-14-12(13-15-9-10-17(13)2)6-5-11-7-8-16-18(11)3/h7-10,12,14H,4-6H2,1-3H3. The molecule has 0 bridgehead atoms. The van der Waals surface area contributed by atoms with Crippen molar-refractivity contribution in [3.05, 3.63) is 36.2 Å². The van der Waals surface area contributed by atoms with Crippen molar-refractivity contribution in [2.45, 2.75) is 25.8 Å². The summed E-state index contributed by atoms with van der Waals surface area (Å²) >= 11 is 0. The zero-order valence-corrected chi connectivity index (χ0v) is 11.3. The van der Waals surface area contributed by atoms with Crippen molar-refractivity contribution in [2.75, 3.05) is 6.54 Å². The minimum absolute atomic E-state index is 0.296. The summed E-state index contributed by atoms with van der Waals surface area (Å²) in [4.78, 5) is 4.44. The summed E-state index contributed by atoms with van der Waals surface area (Å²) < 4.78 is 4.01. The molecule has 0 aromatic carbocycles. The highest BCUT2D eigenvalue weighted by molar-refractivity contribution is 5.04. The maximum absolute atomic E-state index is 4.44. The Kier molecular flexibility index (Phi) is 4.15. The number of imidazole rings is 1. The van der Waals surface area contributed by atoms with Crippen LogP contribution in [0.3, 0.4) is 0 Å². The lowest BCUT2D eigenvalue weighted by atomic mass is 10.1. The molecule has 2 aromatic heterocycles. The van der Waals surface area contributed by atoms with Crippen LogP contribution >= 0.6 is 0 Å². The predicted molar refractivity (Wildman–Crippen MR) is 71.2 cm³/mol. The third-order valence-electron chi connectivity index (χ3n) is 3.23. The Bertz CT molecular complexity index is 485. The first-order valence-electron chi connectivity index (χ1n) is 6.39. The van der Waals surface area contributed by atoms with Gasteiger partial charge in [0.1, 0.15) is 5.82 Å². The van der Waals surface area contributed by atoms with Gasteiger partial charge in [-0.05, 0) is 25.5 Å². The zero-order valence-electron chi connectivity index (χ0n) is 11.3. The van der Waals surface area contributed by atoms with Gasteiger partial charge >= 0.3 is 0 Å². The van der Waals surface area contributed by atoms with Gasteiger partial charge in [-0.25, -0.2) is 4.98 Å². The summed E-state index contributed by atoms with van der Waals surface area (Å²) in [5.41, 5.74) is 1.26. The maximum atomic E-state index is 4.44. The number of nitrogens with one attached hydrogen (secondary N) is 1. The van der Waals surface area contributed by atoms with E-state index in [-0.39, 0.29) is 0 Å². The first kappa shape index (κ1) is 12.8. The van der Waals surface area contributed by atoms with Crippen molar-refractivity contribution in [3.8, 4) is 0 Å². The van der Waals surface area contributed by atoms with E-state index in [1.807, 2.05) is 37.4 Å². The van der Waals surface area contributed by atoms with E-state index in [1.165, 1.54) is 5.69 Å². The highest BCUT2D eigenvalue weighted by atomic mass is 15.3. The number of nitrogens with zero attached hydrogens (tertiary/aromatic N) is 4. The summed E-state index contributed by atoms with van der Waals surface area (Å²) in [6.07, 6.45) is 7.71. The van der Waals surface area contributed by atoms with Gasteiger partial charge in [0.2, 0.25) is 0 Å². The van der Waals surface area contributed by atoms with Gasteiger partial charge in [0.25, 0.3) is 0 Å². The molecule has 0 fully saturated rings. The fourth-order valence-electron chi connectivity index (χ4n) is 2.22. The molecule has 0 aliphatic rings. The molecule has 0 spiro atoms. The minimum Gasteiger partial charge on any atom is -0.337 e. The summed E-state index contributed by atoms with van der Waals surface area (Å²) in [5.74, 6) is 1.10. The van der Waals surface area contributed by atoms with E-state index < -0.39 is 0 Å². The summed E-state index contributed by atoms with van der Waals surface area (Å²) in [7, 11) is 4.02. The minimum atomic E-state index is 0.296. The molecule has 5 nitrogen and oxygen atoms in total. The molecule has 2 rings (SSSR count). The number of rotatable bonds is 6. The Hall–Kier alpha value is -1.62. The van der Waals surface area contributed by atoms with Gasteiger partial charge in [0.05, 0.1) is 6.04 Å². The predicted octanol–water partition coefficient (Wildman–Crippen LogP) is 1.44. The number of aryl methyl sites for hydroxylation is 3. The molecule has 0 aliphatic heterocycles. The van der Waals surface area contributed by atoms with E-state index >= 15 is 0 Å². The van der Waals surface area contributed by atoms with Gasteiger partial charge < -0.3 is 9.88 Å². The molecule has 2 aromatic rings. The summed E-state index contributed by atoms with van der Waals surface area (Å²) in [6, 6.07) is 2.37. The van der Waals surface area contributed by atoms with Crippen LogP contribution in [-0.2, 0) is 20.5 Å². The molecular weight excluding hydrogens is 226 g/mol. The van der Waals surface area contributed by atoms with E-state index in [9.17, 15) is 0 Å². The quantitative estimate of drug-likeness (QED) is 0.840. The number of hydrogen-bond donors (Lipinski definition) is 1. The molecule has 0 saturated heterocycles. The lowest BCUT2D eigenvalue weighted by Gasteiger charge is -2.17. The van der Waals surface area contributed by atoms with Gasteiger partial charge in [-0.1, -0.05) is 6.92 Å². The largest absolute Gasteiger partial charge is 0.337 e. The van der Waals surface area contributed by atoms with Gasteiger partial charge in [0, 0.05) is 38.4 Å². The van der Waals surface area contributed by atoms with Crippen molar-refractivity contribution in [2.24, 2.45) is 14.1 Å². The summed E-state index contributed by atoms with van der Waals surface area (Å²) in [6.45, 7) is 3.07. The molecule has 1 unspecified atom stereocenters. The van der Waals surface area contributed by atoms with Crippen molar-refractivity contribution >= 4 is 0 Å². The highest BCUT2D eigenvalue weighted by Gasteiger charge is 2.15. The first-order chi connectivity index (χ1) is 8.72. The van der Waals surface area contributed by atoms with Crippen molar-refractivity contribution in [1.29, 1.82) is 0 Å². The third-order valence-corrected chi connectivity index (χ3v) is 3.23. The average Bonchev–Trinajstić information content (AvgIpc) is 2.94. The highest BCUT2D eigenvalue weighted by Crippen LogP contribution is 2.17. The van der Waals surface area contributed by atoms with Crippen LogP contribution < -0.4 is 5.32 Å². The molecule has 5 heteroatoms. The fraction of sp³-hybridized carbons (Fsp3) is 0.538. The van der Waals surface area contributed by atoms with Crippen molar-refractivity contribution in [3.63, 3.8) is 0 Å². The zero-order chi connectivity index (χ0) is 13.0. The van der Waals surface area contributed by atoms with Gasteiger partial charge in [-0.3, -0.25) is 4.68 Å². The second kappa shape index (κ2) is 5.82. The van der Waals surface area contributed by atoms with E-state index in [0.717, 1.165) is 25.2 Å². The molecule has 1 atom stereocenters. The Labute approximate surface area is 108 Å². The van der Waals surface area contributed by atoms with Crippen LogP contribution in [0.5, 0.6) is 0 Å². The van der Waals surface area contributed by atoms with E-state index in [0.29, 0.717) is 6.04 Å². The molecule has 0 saturated carbocycles. The van der Waals surface area contributed by atoms with Crippen molar-refractivity contribution in [1.82, 2.24) is 24.6 Å². The van der Waals surface area contributed by atoms with Crippen LogP contribution in [0.25, 0.3) is 0 Å². The van der Waals surface area contributed by atoms with Crippen LogP contribution in [-0.4, -0.2) is 25.9 Å².